The third-order valence-electron chi connectivity index (χ3n) is 3.89. The lowest BCUT2D eigenvalue weighted by molar-refractivity contribution is 0.0852. The van der Waals surface area contributed by atoms with E-state index in [-0.39, 0.29) is 5.82 Å². The molecule has 118 valence electrons. The molecule has 2 heterocycles. The van der Waals surface area contributed by atoms with Crippen molar-refractivity contribution in [3.8, 4) is 0 Å². The molecular weight excluding hydrogens is 269 g/mol. The maximum absolute atomic E-state index is 14.6. The molecule has 0 bridgehead atoms. The molecule has 2 rings (SSSR count). The van der Waals surface area contributed by atoms with Gasteiger partial charge in [-0.2, -0.15) is 0 Å². The SMILES string of the molecule is CC(C)CNCc1ccnc(N(C)C2CCOCC2)c1F. The van der Waals surface area contributed by atoms with E-state index in [0.29, 0.717) is 29.9 Å². The van der Waals surface area contributed by atoms with Crippen LogP contribution in [0.4, 0.5) is 10.2 Å². The topological polar surface area (TPSA) is 37.4 Å². The normalized spacial score (nSPS) is 16.4. The van der Waals surface area contributed by atoms with Crippen LogP contribution in [-0.4, -0.2) is 37.8 Å². The highest BCUT2D eigenvalue weighted by Gasteiger charge is 2.22. The second kappa shape index (κ2) is 7.71. The number of anilines is 1. The Balaban J connectivity index is 2.05. The van der Waals surface area contributed by atoms with Gasteiger partial charge in [-0.3, -0.25) is 0 Å². The van der Waals surface area contributed by atoms with Crippen LogP contribution in [0, 0.1) is 11.7 Å². The van der Waals surface area contributed by atoms with Gasteiger partial charge >= 0.3 is 0 Å². The van der Waals surface area contributed by atoms with Crippen LogP contribution in [0.3, 0.4) is 0 Å². The maximum atomic E-state index is 14.6. The first-order valence-corrected chi connectivity index (χ1v) is 7.74. The third kappa shape index (κ3) is 4.38. The largest absolute Gasteiger partial charge is 0.381 e. The summed E-state index contributed by atoms with van der Waals surface area (Å²) in [7, 11) is 1.92. The Morgan fingerprint density at radius 3 is 2.81 bits per heavy atom. The van der Waals surface area contributed by atoms with Gasteiger partial charge in [0.15, 0.2) is 11.6 Å². The Bertz CT molecular complexity index is 447. The number of ether oxygens (including phenoxy) is 1. The van der Waals surface area contributed by atoms with Crippen LogP contribution in [0.2, 0.25) is 0 Å². The summed E-state index contributed by atoms with van der Waals surface area (Å²) < 4.78 is 20.0. The zero-order chi connectivity index (χ0) is 15.2. The molecule has 0 aromatic carbocycles. The number of nitrogens with one attached hydrogen (secondary N) is 1. The summed E-state index contributed by atoms with van der Waals surface area (Å²) in [6, 6.07) is 2.06. The molecule has 0 unspecified atom stereocenters. The first-order valence-electron chi connectivity index (χ1n) is 7.74. The molecule has 4 nitrogen and oxygen atoms in total. The number of hydrogen-bond donors (Lipinski definition) is 1. The molecule has 1 aliphatic rings. The summed E-state index contributed by atoms with van der Waals surface area (Å²) >= 11 is 0. The molecule has 0 radical (unpaired) electrons. The van der Waals surface area contributed by atoms with Crippen LogP contribution < -0.4 is 10.2 Å². The molecule has 0 atom stereocenters. The molecule has 1 aromatic heterocycles. The highest BCUT2D eigenvalue weighted by molar-refractivity contribution is 5.43. The van der Waals surface area contributed by atoms with E-state index >= 15 is 0 Å². The van der Waals surface area contributed by atoms with Crippen molar-refractivity contribution in [2.24, 2.45) is 5.92 Å². The van der Waals surface area contributed by atoms with Gasteiger partial charge in [-0.05, 0) is 31.4 Å². The lowest BCUT2D eigenvalue weighted by Gasteiger charge is -2.32. The zero-order valence-electron chi connectivity index (χ0n) is 13.2. The van der Waals surface area contributed by atoms with Crippen molar-refractivity contribution < 1.29 is 9.13 Å². The van der Waals surface area contributed by atoms with Gasteiger partial charge in [-0.25, -0.2) is 9.37 Å². The van der Waals surface area contributed by atoms with Gasteiger partial charge in [0.1, 0.15) is 0 Å². The minimum Gasteiger partial charge on any atom is -0.381 e. The van der Waals surface area contributed by atoms with Crippen LogP contribution in [0.1, 0.15) is 32.3 Å². The molecule has 1 aromatic rings. The summed E-state index contributed by atoms with van der Waals surface area (Å²) in [5, 5.41) is 3.28. The summed E-state index contributed by atoms with van der Waals surface area (Å²) in [5.41, 5.74) is 0.680. The number of pyridine rings is 1. The maximum Gasteiger partial charge on any atom is 0.170 e. The predicted molar refractivity (Wildman–Crippen MR) is 83.0 cm³/mol. The van der Waals surface area contributed by atoms with E-state index in [0.717, 1.165) is 32.6 Å². The molecular formula is C16H26FN3O. The summed E-state index contributed by atoms with van der Waals surface area (Å²) in [6.07, 6.45) is 3.54. The molecule has 0 saturated carbocycles. The number of rotatable bonds is 6. The molecule has 1 fully saturated rings. The van der Waals surface area contributed by atoms with Crippen LogP contribution in [0.5, 0.6) is 0 Å². The fourth-order valence-corrected chi connectivity index (χ4v) is 2.59. The Morgan fingerprint density at radius 1 is 1.43 bits per heavy atom. The van der Waals surface area contributed by atoms with E-state index in [4.69, 9.17) is 4.74 Å². The van der Waals surface area contributed by atoms with Gasteiger partial charge in [-0.15, -0.1) is 0 Å². The van der Waals surface area contributed by atoms with Crippen molar-refractivity contribution in [1.29, 1.82) is 0 Å². The first-order chi connectivity index (χ1) is 10.1. The minimum absolute atomic E-state index is 0.206. The molecule has 5 heteroatoms. The average molecular weight is 295 g/mol. The van der Waals surface area contributed by atoms with Gasteiger partial charge in [0.25, 0.3) is 0 Å². The van der Waals surface area contributed by atoms with Crippen molar-refractivity contribution >= 4 is 5.82 Å². The zero-order valence-corrected chi connectivity index (χ0v) is 13.2. The van der Waals surface area contributed by atoms with Gasteiger partial charge in [0.05, 0.1) is 0 Å². The van der Waals surface area contributed by atoms with E-state index in [1.165, 1.54) is 0 Å². The van der Waals surface area contributed by atoms with Gasteiger partial charge in [-0.1, -0.05) is 13.8 Å². The van der Waals surface area contributed by atoms with Crippen molar-refractivity contribution in [1.82, 2.24) is 10.3 Å². The van der Waals surface area contributed by atoms with Crippen molar-refractivity contribution in [3.05, 3.63) is 23.6 Å². The highest BCUT2D eigenvalue weighted by atomic mass is 19.1. The number of halogens is 1. The van der Waals surface area contributed by atoms with E-state index in [2.05, 4.69) is 24.1 Å². The molecule has 21 heavy (non-hydrogen) atoms. The molecule has 0 spiro atoms. The predicted octanol–water partition coefficient (Wildman–Crippen LogP) is 2.58. The van der Waals surface area contributed by atoms with Crippen molar-refractivity contribution in [2.75, 3.05) is 31.7 Å². The summed E-state index contributed by atoms with van der Waals surface area (Å²) in [5.74, 6) is 0.799. The molecule has 0 aliphatic carbocycles. The lowest BCUT2D eigenvalue weighted by atomic mass is 10.1. The third-order valence-corrected chi connectivity index (χ3v) is 3.89. The summed E-state index contributed by atoms with van der Waals surface area (Å²) in [4.78, 5) is 6.20. The van der Waals surface area contributed by atoms with E-state index in [9.17, 15) is 4.39 Å². The number of nitrogens with zero attached hydrogens (tertiary/aromatic N) is 2. The lowest BCUT2D eigenvalue weighted by Crippen LogP contribution is -2.37. The average Bonchev–Trinajstić information content (AvgIpc) is 2.49. The van der Waals surface area contributed by atoms with E-state index < -0.39 is 0 Å². The Labute approximate surface area is 126 Å². The Hall–Kier alpha value is -1.20. The quantitative estimate of drug-likeness (QED) is 0.875. The Morgan fingerprint density at radius 2 is 2.14 bits per heavy atom. The molecule has 1 aliphatic heterocycles. The fourth-order valence-electron chi connectivity index (χ4n) is 2.59. The van der Waals surface area contributed by atoms with Gasteiger partial charge < -0.3 is 15.0 Å². The van der Waals surface area contributed by atoms with Crippen molar-refractivity contribution in [3.63, 3.8) is 0 Å². The first kappa shape index (κ1) is 16.2. The van der Waals surface area contributed by atoms with Crippen LogP contribution >= 0.6 is 0 Å². The van der Waals surface area contributed by atoms with Crippen LogP contribution in [0.15, 0.2) is 12.3 Å². The number of hydrogen-bond acceptors (Lipinski definition) is 4. The smallest absolute Gasteiger partial charge is 0.170 e. The second-order valence-corrected chi connectivity index (χ2v) is 6.09. The second-order valence-electron chi connectivity index (χ2n) is 6.09. The monoisotopic (exact) mass is 295 g/mol. The fraction of sp³-hybridized carbons (Fsp3) is 0.688. The molecule has 0 amide bonds. The molecule has 1 N–H and O–H groups in total. The van der Waals surface area contributed by atoms with Crippen LogP contribution in [0.25, 0.3) is 0 Å². The standard InChI is InChI=1S/C16H26FN3O/c1-12(2)10-18-11-13-4-7-19-16(15(13)17)20(3)14-5-8-21-9-6-14/h4,7,12,14,18H,5-6,8-11H2,1-3H3. The van der Waals surface area contributed by atoms with Gasteiger partial charge in [0, 0.05) is 44.6 Å². The minimum atomic E-state index is -0.206. The van der Waals surface area contributed by atoms with Gasteiger partial charge in [0.2, 0.25) is 0 Å². The van der Waals surface area contributed by atoms with E-state index in [1.54, 1.807) is 12.3 Å². The summed E-state index contributed by atoms with van der Waals surface area (Å²) in [6.45, 7) is 7.19. The van der Waals surface area contributed by atoms with Crippen LogP contribution in [-0.2, 0) is 11.3 Å². The highest BCUT2D eigenvalue weighted by Crippen LogP contribution is 2.23. The Kier molecular flexibility index (Phi) is 5.94. The van der Waals surface area contributed by atoms with Crippen molar-refractivity contribution in [2.45, 2.75) is 39.3 Å². The van der Waals surface area contributed by atoms with E-state index in [1.807, 2.05) is 11.9 Å². The number of aromatic nitrogens is 1. The molecule has 1 saturated heterocycles.